The quantitative estimate of drug-likeness (QED) is 0.464. The molecule has 4 rings (SSSR count). The van der Waals surface area contributed by atoms with Crippen LogP contribution in [0, 0.1) is 21.4 Å². The molecule has 1 unspecified atom stereocenters. The summed E-state index contributed by atoms with van der Waals surface area (Å²) in [7, 11) is 0. The van der Waals surface area contributed by atoms with Gasteiger partial charge >= 0.3 is 0 Å². The fourth-order valence-corrected chi connectivity index (χ4v) is 3.87. The number of allylic oxidation sites excluding steroid dienone is 1. The average Bonchev–Trinajstić information content (AvgIpc) is 3.45. The maximum absolute atomic E-state index is 12.4. The smallest absolute Gasteiger partial charge is 0.273 e. The molecule has 0 aromatic heterocycles. The van der Waals surface area contributed by atoms with Gasteiger partial charge in [0.25, 0.3) is 5.69 Å². The molecule has 1 amide bonds. The van der Waals surface area contributed by atoms with Gasteiger partial charge in [0.1, 0.15) is 0 Å². The van der Waals surface area contributed by atoms with Crippen LogP contribution in [-0.2, 0) is 4.79 Å². The highest BCUT2D eigenvalue weighted by atomic mass is 16.6. The third-order valence-corrected chi connectivity index (χ3v) is 5.77. The summed E-state index contributed by atoms with van der Waals surface area (Å²) in [5.74, 6) is 0.0356. The number of nitro groups is 1. The molecule has 2 aliphatic carbocycles. The van der Waals surface area contributed by atoms with Gasteiger partial charge in [0.2, 0.25) is 5.91 Å². The fraction of sp³-hybridized carbons (Fsp3) is 0.273. The van der Waals surface area contributed by atoms with Crippen molar-refractivity contribution in [3.63, 3.8) is 0 Å². The molecule has 2 aliphatic rings. The lowest BCUT2D eigenvalue weighted by molar-refractivity contribution is -0.385. The van der Waals surface area contributed by atoms with Gasteiger partial charge in [-0.3, -0.25) is 14.9 Å². The first-order chi connectivity index (χ1) is 13.6. The third-order valence-electron chi connectivity index (χ3n) is 5.77. The standard InChI is InChI=1S/C22H21N3O3/c26-21(18-15-22(18)13-6-14-22)24-23-19(16-7-2-1-3-8-16)12-11-17-9-4-5-10-20(17)25(27)28/h1-5,7-12,18H,6,13-15H2,(H,24,26)/b12-11+,23-19-. The molecule has 6 nitrogen and oxygen atoms in total. The van der Waals surface area contributed by atoms with E-state index in [1.807, 2.05) is 30.3 Å². The number of carbonyl (C=O) groups is 1. The van der Waals surface area contributed by atoms with Crippen molar-refractivity contribution in [1.82, 2.24) is 5.43 Å². The molecule has 6 heteroatoms. The molecule has 2 aromatic carbocycles. The number of nitrogens with one attached hydrogen (secondary N) is 1. The van der Waals surface area contributed by atoms with Crippen LogP contribution >= 0.6 is 0 Å². The first-order valence-corrected chi connectivity index (χ1v) is 9.44. The summed E-state index contributed by atoms with van der Waals surface area (Å²) < 4.78 is 0. The molecule has 2 fully saturated rings. The van der Waals surface area contributed by atoms with Gasteiger partial charge in [0, 0.05) is 17.5 Å². The molecule has 0 bridgehead atoms. The van der Waals surface area contributed by atoms with Crippen LogP contribution in [0.3, 0.4) is 0 Å². The minimum absolute atomic E-state index is 0.0279. The first kappa shape index (κ1) is 18.1. The molecule has 28 heavy (non-hydrogen) atoms. The molecule has 0 radical (unpaired) electrons. The topological polar surface area (TPSA) is 84.6 Å². The molecule has 1 atom stereocenters. The van der Waals surface area contributed by atoms with Gasteiger partial charge < -0.3 is 0 Å². The van der Waals surface area contributed by atoms with E-state index < -0.39 is 4.92 Å². The van der Waals surface area contributed by atoms with Gasteiger partial charge in [-0.05, 0) is 42.9 Å². The Morgan fingerprint density at radius 3 is 2.50 bits per heavy atom. The molecular formula is C22H21N3O3. The largest absolute Gasteiger partial charge is 0.276 e. The van der Waals surface area contributed by atoms with Gasteiger partial charge in [-0.1, -0.05) is 48.9 Å². The van der Waals surface area contributed by atoms with E-state index in [9.17, 15) is 14.9 Å². The Morgan fingerprint density at radius 2 is 1.86 bits per heavy atom. The highest BCUT2D eigenvalue weighted by Crippen LogP contribution is 2.65. The zero-order valence-corrected chi connectivity index (χ0v) is 15.4. The lowest BCUT2D eigenvalue weighted by Crippen LogP contribution is -2.27. The molecule has 2 aromatic rings. The minimum Gasteiger partial charge on any atom is -0.273 e. The number of benzene rings is 2. The highest BCUT2D eigenvalue weighted by Gasteiger charge is 2.60. The van der Waals surface area contributed by atoms with Gasteiger partial charge in [0.05, 0.1) is 16.2 Å². The Hall–Kier alpha value is -3.28. The van der Waals surface area contributed by atoms with Crippen LogP contribution in [0.15, 0.2) is 65.8 Å². The molecule has 0 saturated heterocycles. The second-order valence-electron chi connectivity index (χ2n) is 7.46. The van der Waals surface area contributed by atoms with Crippen LogP contribution in [0.2, 0.25) is 0 Å². The summed E-state index contributed by atoms with van der Waals surface area (Å²) in [6, 6.07) is 16.0. The van der Waals surface area contributed by atoms with Crippen molar-refractivity contribution in [1.29, 1.82) is 0 Å². The Balaban J connectivity index is 1.56. The summed E-state index contributed by atoms with van der Waals surface area (Å²) in [5, 5.41) is 15.5. The Morgan fingerprint density at radius 1 is 1.14 bits per heavy atom. The first-order valence-electron chi connectivity index (χ1n) is 9.44. The average molecular weight is 375 g/mol. The summed E-state index contributed by atoms with van der Waals surface area (Å²) in [5.41, 5.74) is 4.84. The molecule has 142 valence electrons. The van der Waals surface area contributed by atoms with Crippen molar-refractivity contribution in [2.24, 2.45) is 16.4 Å². The zero-order chi connectivity index (χ0) is 19.6. The van der Waals surface area contributed by atoms with Gasteiger partial charge in [-0.25, -0.2) is 5.43 Å². The summed E-state index contributed by atoms with van der Waals surface area (Å²) >= 11 is 0. The van der Waals surface area contributed by atoms with E-state index in [1.165, 1.54) is 12.5 Å². The summed E-state index contributed by atoms with van der Waals surface area (Å²) in [4.78, 5) is 23.2. The summed E-state index contributed by atoms with van der Waals surface area (Å²) in [6.45, 7) is 0. The lowest BCUT2D eigenvalue weighted by atomic mass is 9.80. The molecule has 1 N–H and O–H groups in total. The van der Waals surface area contributed by atoms with Crippen LogP contribution in [0.5, 0.6) is 0 Å². The maximum Gasteiger partial charge on any atom is 0.276 e. The van der Waals surface area contributed by atoms with Gasteiger partial charge in [0.15, 0.2) is 0 Å². The minimum atomic E-state index is -0.411. The van der Waals surface area contributed by atoms with Crippen molar-refractivity contribution < 1.29 is 9.72 Å². The third kappa shape index (κ3) is 3.58. The molecular weight excluding hydrogens is 354 g/mol. The van der Waals surface area contributed by atoms with E-state index in [-0.39, 0.29) is 22.9 Å². The number of nitro benzene ring substituents is 1. The number of hydrogen-bond acceptors (Lipinski definition) is 4. The Bertz CT molecular complexity index is 962. The van der Waals surface area contributed by atoms with Crippen molar-refractivity contribution in [2.75, 3.05) is 0 Å². The van der Waals surface area contributed by atoms with Crippen molar-refractivity contribution in [3.05, 3.63) is 81.9 Å². The van der Waals surface area contributed by atoms with Crippen LogP contribution in [0.1, 0.15) is 36.8 Å². The second kappa shape index (κ2) is 7.38. The van der Waals surface area contributed by atoms with E-state index in [1.54, 1.807) is 30.4 Å². The number of nitrogens with zero attached hydrogens (tertiary/aromatic N) is 2. The van der Waals surface area contributed by atoms with Crippen molar-refractivity contribution >= 4 is 23.4 Å². The number of rotatable bonds is 6. The van der Waals surface area contributed by atoms with Gasteiger partial charge in [-0.15, -0.1) is 0 Å². The van der Waals surface area contributed by atoms with E-state index in [2.05, 4.69) is 10.5 Å². The van der Waals surface area contributed by atoms with Crippen LogP contribution in [0.4, 0.5) is 5.69 Å². The Kier molecular flexibility index (Phi) is 4.77. The molecule has 0 heterocycles. The second-order valence-corrected chi connectivity index (χ2v) is 7.46. The number of para-hydroxylation sites is 1. The van der Waals surface area contributed by atoms with Crippen LogP contribution in [-0.4, -0.2) is 16.5 Å². The van der Waals surface area contributed by atoms with Crippen molar-refractivity contribution in [3.8, 4) is 0 Å². The molecule has 0 aliphatic heterocycles. The summed E-state index contributed by atoms with van der Waals surface area (Å²) in [6.07, 6.45) is 7.79. The van der Waals surface area contributed by atoms with E-state index in [4.69, 9.17) is 0 Å². The van der Waals surface area contributed by atoms with Gasteiger partial charge in [-0.2, -0.15) is 5.10 Å². The predicted octanol–water partition coefficient (Wildman–Crippen LogP) is 4.32. The van der Waals surface area contributed by atoms with Crippen LogP contribution < -0.4 is 5.43 Å². The SMILES string of the molecule is O=C(N/N=C(/C=C/c1ccccc1[N+](=O)[O-])c1ccccc1)C1CC12CCC2. The van der Waals surface area contributed by atoms with E-state index >= 15 is 0 Å². The Labute approximate surface area is 163 Å². The molecule has 1 spiro atoms. The monoisotopic (exact) mass is 375 g/mol. The predicted molar refractivity (Wildman–Crippen MR) is 108 cm³/mol. The van der Waals surface area contributed by atoms with Crippen LogP contribution in [0.25, 0.3) is 6.08 Å². The molecule has 2 saturated carbocycles. The lowest BCUT2D eigenvalue weighted by Gasteiger charge is -2.25. The zero-order valence-electron chi connectivity index (χ0n) is 15.4. The number of hydrogen-bond donors (Lipinski definition) is 1. The van der Waals surface area contributed by atoms with E-state index in [0.29, 0.717) is 11.3 Å². The normalized spacial score (nSPS) is 20.0. The maximum atomic E-state index is 12.4. The fourth-order valence-electron chi connectivity index (χ4n) is 3.87. The van der Waals surface area contributed by atoms with E-state index in [0.717, 1.165) is 24.8 Å². The number of hydrazone groups is 1. The number of amides is 1. The highest BCUT2D eigenvalue weighted by molar-refractivity contribution is 6.11. The number of carbonyl (C=O) groups excluding carboxylic acids is 1. The van der Waals surface area contributed by atoms with Crippen molar-refractivity contribution in [2.45, 2.75) is 25.7 Å².